The first kappa shape index (κ1) is 36.3. The molecule has 9 rings (SSSR count). The van der Waals surface area contributed by atoms with E-state index in [0.717, 1.165) is 75.8 Å². The average molecular weight is 771 g/mol. The summed E-state index contributed by atoms with van der Waals surface area (Å²) >= 11 is 0. The van der Waals surface area contributed by atoms with Crippen LogP contribution in [0.4, 0.5) is 0 Å². The molecule has 8 aromatic rings. The fraction of sp³-hybridized carbons (Fsp3) is 0.174. The maximum Gasteiger partial charge on any atom is 0.243 e. The molecule has 1 aliphatic heterocycles. The molecule has 0 unspecified atom stereocenters. The molecule has 288 valence electrons. The van der Waals surface area contributed by atoms with E-state index in [1.54, 1.807) is 0 Å². The zero-order valence-corrected chi connectivity index (χ0v) is 31.2. The molecule has 6 N–H and O–H groups in total. The summed E-state index contributed by atoms with van der Waals surface area (Å²) < 4.78 is 0. The average Bonchev–Trinajstić information content (AvgIpc) is 3.24. The third-order valence-electron chi connectivity index (χ3n) is 11.1. The molecule has 0 aliphatic carbocycles. The van der Waals surface area contributed by atoms with E-state index >= 15 is 0 Å². The Bertz CT molecular complexity index is 2730. The van der Waals surface area contributed by atoms with Gasteiger partial charge in [-0.05, 0) is 75.8 Å². The van der Waals surface area contributed by atoms with Crippen molar-refractivity contribution >= 4 is 100 Å². The quantitative estimate of drug-likeness (QED) is 0.149. The molecule has 6 amide bonds. The minimum atomic E-state index is -1.11. The molecule has 0 radical (unpaired) electrons. The molecule has 0 saturated carbocycles. The van der Waals surface area contributed by atoms with Crippen LogP contribution in [-0.4, -0.2) is 73.7 Å². The van der Waals surface area contributed by atoms with Crippen LogP contribution in [-0.2, 0) is 41.6 Å². The van der Waals surface area contributed by atoms with Crippen molar-refractivity contribution in [3.05, 3.63) is 120 Å². The number of carbonyl (C=O) groups excluding carboxylic acids is 6. The second-order valence-electron chi connectivity index (χ2n) is 14.8. The minimum absolute atomic E-state index is 0.0905. The smallest absolute Gasteiger partial charge is 0.243 e. The van der Waals surface area contributed by atoms with E-state index in [-0.39, 0.29) is 12.8 Å². The Morgan fingerprint density at radius 2 is 0.690 bits per heavy atom. The highest BCUT2D eigenvalue weighted by molar-refractivity contribution is 6.24. The minimum Gasteiger partial charge on any atom is -0.346 e. The van der Waals surface area contributed by atoms with Crippen molar-refractivity contribution < 1.29 is 28.8 Å². The maximum absolute atomic E-state index is 13.6. The van der Waals surface area contributed by atoms with Crippen LogP contribution < -0.4 is 31.9 Å². The first-order valence-corrected chi connectivity index (χ1v) is 19.2. The van der Waals surface area contributed by atoms with E-state index in [1.165, 1.54) is 0 Å². The van der Waals surface area contributed by atoms with Gasteiger partial charge in [0.25, 0.3) is 0 Å². The van der Waals surface area contributed by atoms with Crippen molar-refractivity contribution in [3.63, 3.8) is 0 Å². The molecule has 2 atom stereocenters. The normalized spacial score (nSPS) is 18.2. The van der Waals surface area contributed by atoms with Crippen molar-refractivity contribution in [2.45, 2.75) is 24.9 Å². The second-order valence-corrected chi connectivity index (χ2v) is 14.8. The van der Waals surface area contributed by atoms with E-state index < -0.39 is 73.7 Å². The standard InChI is InChI=1S/C46H38N6O6/c53-37-21-49-45(57)35(19-31-13-11-29-9-7-25-3-1-5-27-15-17-33(31)43(29)41(25)27)51-39(55)23-47-38(54)22-50-46(58)36(52-40(56)24-48-37)20-32-14-12-30-10-8-26-4-2-6-28-16-18-34(32)44(30)42(26)28/h1-18,35-36H,19-24H2,(H,47,54)(H,48,53)(H,49,57)(H,50,58)(H,51,55)(H,52,56)/t35-,36-/m1/s1. The van der Waals surface area contributed by atoms with Crippen molar-refractivity contribution in [2.24, 2.45) is 0 Å². The predicted molar refractivity (Wildman–Crippen MR) is 224 cm³/mol. The van der Waals surface area contributed by atoms with Gasteiger partial charge in [-0.25, -0.2) is 0 Å². The summed E-state index contributed by atoms with van der Waals surface area (Å²) in [5.74, 6) is -3.79. The van der Waals surface area contributed by atoms with Gasteiger partial charge in [0.2, 0.25) is 35.4 Å². The fourth-order valence-corrected chi connectivity index (χ4v) is 8.36. The van der Waals surface area contributed by atoms with Gasteiger partial charge in [0.15, 0.2) is 0 Å². The molecule has 12 heteroatoms. The van der Waals surface area contributed by atoms with E-state index in [9.17, 15) is 28.8 Å². The molecule has 1 heterocycles. The Hall–Kier alpha value is -7.34. The second kappa shape index (κ2) is 15.0. The summed E-state index contributed by atoms with van der Waals surface area (Å²) in [5, 5.41) is 28.2. The van der Waals surface area contributed by atoms with Crippen molar-refractivity contribution in [3.8, 4) is 0 Å². The lowest BCUT2D eigenvalue weighted by molar-refractivity contribution is -0.132. The summed E-state index contributed by atoms with van der Waals surface area (Å²) in [6.45, 7) is -1.89. The van der Waals surface area contributed by atoms with Crippen LogP contribution in [0, 0.1) is 0 Å². The van der Waals surface area contributed by atoms with Crippen LogP contribution >= 0.6 is 0 Å². The molecule has 0 bridgehead atoms. The number of rotatable bonds is 4. The molecule has 8 aromatic carbocycles. The summed E-state index contributed by atoms with van der Waals surface area (Å²) in [7, 11) is 0. The van der Waals surface area contributed by atoms with Gasteiger partial charge < -0.3 is 31.9 Å². The van der Waals surface area contributed by atoms with Crippen molar-refractivity contribution in [2.75, 3.05) is 26.2 Å². The molecular formula is C46H38N6O6. The Morgan fingerprint density at radius 3 is 1.09 bits per heavy atom. The predicted octanol–water partition coefficient (Wildman–Crippen LogP) is 3.71. The van der Waals surface area contributed by atoms with Crippen LogP contribution in [0.3, 0.4) is 0 Å². The molecule has 1 aliphatic rings. The van der Waals surface area contributed by atoms with Gasteiger partial charge in [0.1, 0.15) is 12.1 Å². The van der Waals surface area contributed by atoms with Crippen molar-refractivity contribution in [1.29, 1.82) is 0 Å². The van der Waals surface area contributed by atoms with E-state index in [4.69, 9.17) is 0 Å². The molecule has 0 spiro atoms. The highest BCUT2D eigenvalue weighted by Gasteiger charge is 2.26. The summed E-state index contributed by atoms with van der Waals surface area (Å²) in [6, 6.07) is 34.1. The monoisotopic (exact) mass is 770 g/mol. The van der Waals surface area contributed by atoms with E-state index in [2.05, 4.69) is 80.4 Å². The first-order valence-electron chi connectivity index (χ1n) is 19.2. The van der Waals surface area contributed by atoms with Gasteiger partial charge in [-0.3, -0.25) is 28.8 Å². The first-order chi connectivity index (χ1) is 28.2. The number of hydrogen-bond acceptors (Lipinski definition) is 6. The number of nitrogens with one attached hydrogen (secondary N) is 6. The fourth-order valence-electron chi connectivity index (χ4n) is 8.36. The highest BCUT2D eigenvalue weighted by atomic mass is 16.2. The SMILES string of the molecule is O=C1CNC(=O)[C@@H](Cc2ccc3ccc4cccc5ccc2c3c45)NC(=O)CNC(=O)CNC(=O)[C@@H](Cc2ccc3ccc4cccc5ccc2c3c45)NC(=O)CN1. The number of benzene rings is 8. The van der Waals surface area contributed by atoms with Gasteiger partial charge in [-0.2, -0.15) is 0 Å². The zero-order valence-electron chi connectivity index (χ0n) is 31.2. The molecular weight excluding hydrogens is 733 g/mol. The number of hydrogen-bond donors (Lipinski definition) is 6. The third kappa shape index (κ3) is 6.89. The zero-order chi connectivity index (χ0) is 39.9. The van der Waals surface area contributed by atoms with Crippen molar-refractivity contribution in [1.82, 2.24) is 31.9 Å². The largest absolute Gasteiger partial charge is 0.346 e. The number of carbonyl (C=O) groups is 6. The van der Waals surface area contributed by atoms with Gasteiger partial charge in [0, 0.05) is 12.8 Å². The van der Waals surface area contributed by atoms with Gasteiger partial charge >= 0.3 is 0 Å². The van der Waals surface area contributed by atoms with Gasteiger partial charge in [-0.1, -0.05) is 109 Å². The molecule has 58 heavy (non-hydrogen) atoms. The summed E-state index contributed by atoms with van der Waals surface area (Å²) in [5.41, 5.74) is 1.61. The Labute approximate surface area is 331 Å². The lowest BCUT2D eigenvalue weighted by atomic mass is 9.90. The molecule has 12 nitrogen and oxygen atoms in total. The summed E-state index contributed by atoms with van der Waals surface area (Å²) in [4.78, 5) is 79.6. The summed E-state index contributed by atoms with van der Waals surface area (Å²) in [6.07, 6.45) is 0.181. The van der Waals surface area contributed by atoms with E-state index in [1.807, 2.05) is 60.7 Å². The topological polar surface area (TPSA) is 175 Å². The lowest BCUT2D eigenvalue weighted by Crippen LogP contribution is -2.54. The lowest BCUT2D eigenvalue weighted by Gasteiger charge is -2.22. The third-order valence-corrected chi connectivity index (χ3v) is 11.1. The van der Waals surface area contributed by atoms with Crippen LogP contribution in [0.2, 0.25) is 0 Å². The molecule has 1 saturated heterocycles. The number of amides is 6. The molecule has 0 aromatic heterocycles. The van der Waals surface area contributed by atoms with Gasteiger partial charge in [-0.15, -0.1) is 0 Å². The van der Waals surface area contributed by atoms with Crippen LogP contribution in [0.25, 0.3) is 64.6 Å². The Kier molecular flexibility index (Phi) is 9.36. The van der Waals surface area contributed by atoms with Crippen LogP contribution in [0.15, 0.2) is 109 Å². The molecule has 1 fully saturated rings. The Balaban J connectivity index is 0.936. The maximum atomic E-state index is 13.6. The Morgan fingerprint density at radius 1 is 0.362 bits per heavy atom. The van der Waals surface area contributed by atoms with Crippen LogP contribution in [0.5, 0.6) is 0 Å². The van der Waals surface area contributed by atoms with Gasteiger partial charge in [0.05, 0.1) is 26.2 Å². The van der Waals surface area contributed by atoms with Crippen LogP contribution in [0.1, 0.15) is 11.1 Å². The highest BCUT2D eigenvalue weighted by Crippen LogP contribution is 2.37. The van der Waals surface area contributed by atoms with E-state index in [0.29, 0.717) is 0 Å².